The molecule has 0 radical (unpaired) electrons. The normalized spacial score (nSPS) is 20.4. The van der Waals surface area contributed by atoms with E-state index in [9.17, 15) is 0 Å². The lowest BCUT2D eigenvalue weighted by Crippen LogP contribution is -2.16. The van der Waals surface area contributed by atoms with Gasteiger partial charge in [-0.2, -0.15) is 0 Å². The Morgan fingerprint density at radius 1 is 0.500 bits per heavy atom. The van der Waals surface area contributed by atoms with E-state index in [1.165, 1.54) is 0 Å². The summed E-state index contributed by atoms with van der Waals surface area (Å²) < 4.78 is 53.1. The van der Waals surface area contributed by atoms with Crippen LogP contribution in [0.3, 0.4) is 0 Å². The van der Waals surface area contributed by atoms with Crippen molar-refractivity contribution in [3.63, 3.8) is 0 Å². The van der Waals surface area contributed by atoms with Crippen LogP contribution in [-0.2, 0) is 35.0 Å². The molecule has 1 aromatic heterocycles. The van der Waals surface area contributed by atoms with Gasteiger partial charge in [-0.1, -0.05) is 66.7 Å². The molecule has 0 saturated heterocycles. The third-order valence-electron chi connectivity index (χ3n) is 8.41. The molecular weight excluding hydrogens is 666 g/mol. The summed E-state index contributed by atoms with van der Waals surface area (Å²) in [7, 11) is 0. The molecule has 12 nitrogen and oxygen atoms in total. The number of pyridine rings is 1. The fraction of sp³-hybridized carbons (Fsp3) is 0.375. The molecule has 7 rings (SSSR count). The summed E-state index contributed by atoms with van der Waals surface area (Å²) >= 11 is 0. The van der Waals surface area contributed by atoms with Gasteiger partial charge in [0.1, 0.15) is 62.3 Å². The minimum Gasteiger partial charge on any atom is -0.489 e. The number of nitrogens with zero attached hydrogens (tertiary/aromatic N) is 3. The first-order valence-electron chi connectivity index (χ1n) is 17.6. The Hall–Kier alpha value is -5.01. The second-order valence-corrected chi connectivity index (χ2v) is 12.1. The monoisotopic (exact) mass is 709 g/mol. The van der Waals surface area contributed by atoms with Gasteiger partial charge in [-0.25, -0.2) is 15.0 Å². The quantitative estimate of drug-likeness (QED) is 0.242. The predicted molar refractivity (Wildman–Crippen MR) is 193 cm³/mol. The maximum absolute atomic E-state index is 6.39. The van der Waals surface area contributed by atoms with Crippen molar-refractivity contribution >= 4 is 11.8 Å². The number of benzene rings is 3. The van der Waals surface area contributed by atoms with Crippen LogP contribution in [0.2, 0.25) is 0 Å². The first kappa shape index (κ1) is 35.4. The maximum Gasteiger partial charge on any atom is 0.236 e. The van der Waals surface area contributed by atoms with E-state index >= 15 is 0 Å². The Labute approximate surface area is 303 Å². The fourth-order valence-corrected chi connectivity index (χ4v) is 5.75. The summed E-state index contributed by atoms with van der Waals surface area (Å²) in [5, 5.41) is 0. The Morgan fingerprint density at radius 2 is 0.981 bits per heavy atom. The third-order valence-corrected chi connectivity index (χ3v) is 8.41. The van der Waals surface area contributed by atoms with Crippen molar-refractivity contribution in [2.24, 2.45) is 9.98 Å². The van der Waals surface area contributed by atoms with Gasteiger partial charge in [-0.15, -0.1) is 0 Å². The molecule has 4 heterocycles. The largest absolute Gasteiger partial charge is 0.489 e. The van der Waals surface area contributed by atoms with Crippen LogP contribution in [-0.4, -0.2) is 96.1 Å². The lowest BCUT2D eigenvalue weighted by atomic mass is 10.1. The molecular formula is C40H43N3O9. The van der Waals surface area contributed by atoms with E-state index in [0.29, 0.717) is 120 Å². The lowest BCUT2D eigenvalue weighted by molar-refractivity contribution is -0.00842. The zero-order valence-corrected chi connectivity index (χ0v) is 29.0. The van der Waals surface area contributed by atoms with Crippen molar-refractivity contribution in [2.45, 2.75) is 18.7 Å². The van der Waals surface area contributed by atoms with E-state index in [-0.39, 0.29) is 18.7 Å². The maximum atomic E-state index is 6.39. The highest BCUT2D eigenvalue weighted by Gasteiger charge is 2.27. The second kappa shape index (κ2) is 18.5. The molecule has 52 heavy (non-hydrogen) atoms. The molecule has 272 valence electrons. The van der Waals surface area contributed by atoms with Gasteiger partial charge in [0.2, 0.25) is 11.8 Å². The number of rotatable bonds is 7. The average molecular weight is 710 g/mol. The lowest BCUT2D eigenvalue weighted by Gasteiger charge is -2.16. The molecule has 3 aromatic carbocycles. The molecule has 4 aromatic rings. The van der Waals surface area contributed by atoms with Crippen molar-refractivity contribution in [1.82, 2.24) is 4.98 Å². The first-order chi connectivity index (χ1) is 25.8. The van der Waals surface area contributed by atoms with Crippen LogP contribution in [0.1, 0.15) is 40.2 Å². The summed E-state index contributed by atoms with van der Waals surface area (Å²) in [6, 6.07) is 29.3. The third kappa shape index (κ3) is 9.86. The van der Waals surface area contributed by atoms with Crippen LogP contribution < -0.4 is 14.2 Å². The number of ether oxygens (including phenoxy) is 9. The number of hydrogen-bond acceptors (Lipinski definition) is 12. The summed E-state index contributed by atoms with van der Waals surface area (Å²) in [4.78, 5) is 14.6. The molecule has 0 bridgehead atoms. The van der Waals surface area contributed by atoms with Crippen molar-refractivity contribution in [2.75, 3.05) is 79.3 Å². The highest BCUT2D eigenvalue weighted by Crippen LogP contribution is 2.31. The van der Waals surface area contributed by atoms with Gasteiger partial charge in [0, 0.05) is 12.1 Å². The van der Waals surface area contributed by atoms with Gasteiger partial charge in [-0.05, 0) is 28.8 Å². The van der Waals surface area contributed by atoms with Crippen LogP contribution in [0.4, 0.5) is 0 Å². The molecule has 0 aliphatic carbocycles. The van der Waals surface area contributed by atoms with Crippen molar-refractivity contribution in [1.29, 1.82) is 0 Å². The zero-order valence-electron chi connectivity index (χ0n) is 29.0. The Bertz CT molecular complexity index is 1700. The first-order valence-corrected chi connectivity index (χ1v) is 17.6. The average Bonchev–Trinajstić information content (AvgIpc) is 3.90. The molecule has 0 amide bonds. The van der Waals surface area contributed by atoms with E-state index in [2.05, 4.69) is 0 Å². The SMILES string of the molecule is c1ccc([C@@H]2COC(c3cc(OCc4ccc5c(c4)OCCOCCOCCOCCOCCO5)cc(C4=N[C@H](c5ccccc5)CO4)n3)=N2)cc1. The summed E-state index contributed by atoms with van der Waals surface area (Å²) in [5.74, 6) is 2.64. The number of hydrogen-bond donors (Lipinski definition) is 0. The predicted octanol–water partition coefficient (Wildman–Crippen LogP) is 5.53. The zero-order chi connectivity index (χ0) is 35.2. The van der Waals surface area contributed by atoms with Crippen LogP contribution in [0.25, 0.3) is 0 Å². The molecule has 3 aliphatic rings. The Balaban J connectivity index is 1.09. The van der Waals surface area contributed by atoms with Gasteiger partial charge in [0.05, 0.1) is 52.9 Å². The topological polar surface area (TPSA) is 121 Å². The van der Waals surface area contributed by atoms with E-state index in [0.717, 1.165) is 16.7 Å². The molecule has 3 aliphatic heterocycles. The molecule has 0 unspecified atom stereocenters. The smallest absolute Gasteiger partial charge is 0.236 e. The van der Waals surface area contributed by atoms with Gasteiger partial charge in [-0.3, -0.25) is 0 Å². The molecule has 0 N–H and O–H groups in total. The van der Waals surface area contributed by atoms with Crippen molar-refractivity contribution in [3.05, 3.63) is 119 Å². The van der Waals surface area contributed by atoms with Crippen molar-refractivity contribution < 1.29 is 42.6 Å². The minimum atomic E-state index is -0.127. The van der Waals surface area contributed by atoms with Gasteiger partial charge >= 0.3 is 0 Å². The Morgan fingerprint density at radius 3 is 1.50 bits per heavy atom. The van der Waals surface area contributed by atoms with Gasteiger partial charge in [0.15, 0.2) is 11.5 Å². The van der Waals surface area contributed by atoms with Crippen LogP contribution in [0.15, 0.2) is 101 Å². The van der Waals surface area contributed by atoms with Gasteiger partial charge < -0.3 is 42.6 Å². The molecule has 0 spiro atoms. The van der Waals surface area contributed by atoms with E-state index in [1.807, 2.05) is 91.0 Å². The van der Waals surface area contributed by atoms with Crippen LogP contribution in [0.5, 0.6) is 17.2 Å². The number of aliphatic imine (C=N–C) groups is 2. The Kier molecular flexibility index (Phi) is 12.6. The van der Waals surface area contributed by atoms with Crippen molar-refractivity contribution in [3.8, 4) is 17.2 Å². The second-order valence-electron chi connectivity index (χ2n) is 12.1. The van der Waals surface area contributed by atoms with Crippen LogP contribution in [0, 0.1) is 0 Å². The summed E-state index contributed by atoms with van der Waals surface area (Å²) in [5.41, 5.74) is 4.11. The number of fused-ring (bicyclic) bond motifs is 1. The molecule has 12 heteroatoms. The van der Waals surface area contributed by atoms with E-state index in [1.54, 1.807) is 0 Å². The highest BCUT2D eigenvalue weighted by atomic mass is 16.6. The summed E-state index contributed by atoms with van der Waals surface area (Å²) in [6.07, 6.45) is 0. The van der Waals surface area contributed by atoms with E-state index < -0.39 is 0 Å². The van der Waals surface area contributed by atoms with E-state index in [4.69, 9.17) is 57.6 Å². The number of aromatic nitrogens is 1. The standard InChI is InChI=1S/C40H43N3O9/c1-3-7-30(8-4-1)35-27-51-39(42-35)33-24-32(25-34(41-33)40-43-36(28-52-40)31-9-5-2-6-10-31)50-26-29-11-12-37-38(23-29)49-22-20-47-18-16-45-14-13-44-15-17-46-19-21-48-37/h1-12,23-25,35-36H,13-22,26-28H2/t35-,36-/m0/s1. The molecule has 0 fully saturated rings. The molecule has 0 saturated carbocycles. The molecule has 2 atom stereocenters. The highest BCUT2D eigenvalue weighted by molar-refractivity contribution is 5.98. The minimum absolute atomic E-state index is 0.127. The van der Waals surface area contributed by atoms with Crippen LogP contribution >= 0.6 is 0 Å². The fourth-order valence-electron chi connectivity index (χ4n) is 5.75. The summed E-state index contributed by atoms with van der Waals surface area (Å²) in [6.45, 7) is 5.57. The van der Waals surface area contributed by atoms with Gasteiger partial charge in [0.25, 0.3) is 0 Å².